The van der Waals surface area contributed by atoms with E-state index in [9.17, 15) is 27.2 Å². The average Bonchev–Trinajstić information content (AvgIpc) is 2.84. The van der Waals surface area contributed by atoms with Crippen molar-refractivity contribution in [2.24, 2.45) is 11.6 Å². The minimum atomic E-state index is -4.94. The number of hydrogen-bond donors (Lipinski definition) is 4. The Hall–Kier alpha value is -3.98. The highest BCUT2D eigenvalue weighted by molar-refractivity contribution is 5.92. The summed E-state index contributed by atoms with van der Waals surface area (Å²) < 4.78 is 59.6. The molecule has 0 aliphatic carbocycles. The fourth-order valence-corrected chi connectivity index (χ4v) is 3.07. The van der Waals surface area contributed by atoms with Crippen molar-refractivity contribution < 1.29 is 36.6 Å². The molecular weight excluding hydrogens is 514 g/mol. The molecule has 2 rings (SSSR count). The Morgan fingerprint density at radius 2 is 1.92 bits per heavy atom. The SMILES string of the molecule is COCCNC(=O)/C(N)=C/N(N)CCCCc1ccc(NC(=O)Cc2cc(OC(F)(F)F)ccc2F)nn1. The zero-order valence-electron chi connectivity index (χ0n) is 20.6. The second-order valence-corrected chi connectivity index (χ2v) is 7.96. The van der Waals surface area contributed by atoms with Crippen molar-refractivity contribution in [2.45, 2.75) is 32.0 Å². The normalized spacial score (nSPS) is 11.7. The van der Waals surface area contributed by atoms with E-state index in [0.717, 1.165) is 18.2 Å². The number of nitrogens with one attached hydrogen (secondary N) is 2. The molecule has 1 aromatic carbocycles. The molecule has 0 unspecified atom stereocenters. The summed E-state index contributed by atoms with van der Waals surface area (Å²) in [5, 5.41) is 14.2. The Morgan fingerprint density at radius 3 is 2.58 bits per heavy atom. The Balaban J connectivity index is 1.77. The van der Waals surface area contributed by atoms with E-state index in [4.69, 9.17) is 16.3 Å². The van der Waals surface area contributed by atoms with Gasteiger partial charge < -0.3 is 30.8 Å². The van der Waals surface area contributed by atoms with E-state index in [1.54, 1.807) is 6.07 Å². The standard InChI is InChI=1S/C23H29F4N7O4/c1-37-11-9-30-22(36)19(28)14-34(29)10-3-2-4-16-5-8-20(33-32-16)31-21(35)13-15-12-17(6-7-18(15)24)38-23(25,26)27/h5-8,12,14H,2-4,9-11,13,28-29H2,1H3,(H,30,36)(H,31,33,35)/b19-14-. The molecule has 0 aliphatic heterocycles. The Bertz CT molecular complexity index is 1100. The summed E-state index contributed by atoms with van der Waals surface area (Å²) in [7, 11) is 1.52. The summed E-state index contributed by atoms with van der Waals surface area (Å²) in [6, 6.07) is 5.55. The van der Waals surface area contributed by atoms with Gasteiger partial charge in [0.15, 0.2) is 5.82 Å². The molecule has 208 valence electrons. The lowest BCUT2D eigenvalue weighted by atomic mass is 10.1. The minimum Gasteiger partial charge on any atom is -0.406 e. The number of unbranched alkanes of at least 4 members (excludes halogenated alkanes) is 1. The van der Waals surface area contributed by atoms with Crippen molar-refractivity contribution >= 4 is 17.6 Å². The highest BCUT2D eigenvalue weighted by atomic mass is 19.4. The van der Waals surface area contributed by atoms with Gasteiger partial charge in [-0.05, 0) is 49.6 Å². The summed E-state index contributed by atoms with van der Waals surface area (Å²) in [4.78, 5) is 24.0. The third-order valence-corrected chi connectivity index (χ3v) is 4.85. The third kappa shape index (κ3) is 11.4. The Labute approximate surface area is 216 Å². The summed E-state index contributed by atoms with van der Waals surface area (Å²) in [5.41, 5.74) is 6.03. The first-order chi connectivity index (χ1) is 18.0. The fourth-order valence-electron chi connectivity index (χ4n) is 3.07. The van der Waals surface area contributed by atoms with E-state index in [-0.39, 0.29) is 17.1 Å². The topological polar surface area (TPSA) is 158 Å². The number of aromatic nitrogens is 2. The number of halogens is 4. The molecule has 0 atom stereocenters. The van der Waals surface area contributed by atoms with Crippen LogP contribution in [0.15, 0.2) is 42.2 Å². The Morgan fingerprint density at radius 1 is 1.16 bits per heavy atom. The predicted octanol–water partition coefficient (Wildman–Crippen LogP) is 1.76. The maximum Gasteiger partial charge on any atom is 0.573 e. The zero-order valence-corrected chi connectivity index (χ0v) is 20.6. The Kier molecular flexibility index (Phi) is 11.7. The van der Waals surface area contributed by atoms with E-state index in [1.165, 1.54) is 24.4 Å². The van der Waals surface area contributed by atoms with Crippen LogP contribution < -0.4 is 26.9 Å². The molecule has 2 aromatic rings. The van der Waals surface area contributed by atoms with Crippen molar-refractivity contribution in [2.75, 3.05) is 32.1 Å². The van der Waals surface area contributed by atoms with E-state index in [1.807, 2.05) is 0 Å². The molecule has 1 aromatic heterocycles. The van der Waals surface area contributed by atoms with Crippen LogP contribution in [-0.4, -0.2) is 60.2 Å². The number of methoxy groups -OCH3 is 1. The molecule has 15 heteroatoms. The van der Waals surface area contributed by atoms with Crippen molar-refractivity contribution in [3.63, 3.8) is 0 Å². The van der Waals surface area contributed by atoms with Crippen LogP contribution in [0.1, 0.15) is 24.1 Å². The van der Waals surface area contributed by atoms with Gasteiger partial charge in [-0.3, -0.25) is 9.59 Å². The van der Waals surface area contributed by atoms with E-state index >= 15 is 0 Å². The fraction of sp³-hybridized carbons (Fsp3) is 0.391. The number of benzene rings is 1. The van der Waals surface area contributed by atoms with E-state index in [2.05, 4.69) is 25.6 Å². The van der Waals surface area contributed by atoms with Crippen LogP contribution >= 0.6 is 0 Å². The molecule has 0 saturated carbocycles. The van der Waals surface area contributed by atoms with Crippen molar-refractivity contribution in [1.82, 2.24) is 20.5 Å². The molecule has 0 fully saturated rings. The monoisotopic (exact) mass is 543 g/mol. The molecule has 11 nitrogen and oxygen atoms in total. The molecule has 38 heavy (non-hydrogen) atoms. The van der Waals surface area contributed by atoms with Crippen LogP contribution in [0.3, 0.4) is 0 Å². The summed E-state index contributed by atoms with van der Waals surface area (Å²) in [6.45, 7) is 1.12. The summed E-state index contributed by atoms with van der Waals surface area (Å²) >= 11 is 0. The van der Waals surface area contributed by atoms with Gasteiger partial charge in [0.25, 0.3) is 5.91 Å². The van der Waals surface area contributed by atoms with Crippen LogP contribution in [0.5, 0.6) is 5.75 Å². The molecular formula is C23H29F4N7O4. The minimum absolute atomic E-state index is 0.0304. The molecule has 0 saturated heterocycles. The maximum absolute atomic E-state index is 13.9. The van der Waals surface area contributed by atoms with Crippen molar-refractivity contribution in [3.05, 3.63) is 59.3 Å². The average molecular weight is 544 g/mol. The number of carbonyl (C=O) groups excluding carboxylic acids is 2. The molecule has 1 heterocycles. The van der Waals surface area contributed by atoms with Gasteiger partial charge in [0.2, 0.25) is 5.91 Å². The quantitative estimate of drug-likeness (QED) is 0.0916. The molecule has 0 aliphatic rings. The number of anilines is 1. The van der Waals surface area contributed by atoms with Crippen LogP contribution in [0.4, 0.5) is 23.4 Å². The van der Waals surface area contributed by atoms with Gasteiger partial charge in [0.1, 0.15) is 17.3 Å². The zero-order chi connectivity index (χ0) is 28.1. The van der Waals surface area contributed by atoms with Gasteiger partial charge in [-0.15, -0.1) is 18.3 Å². The summed E-state index contributed by atoms with van der Waals surface area (Å²) in [6.07, 6.45) is -2.22. The number of ether oxygens (including phenoxy) is 2. The number of hydrogen-bond acceptors (Lipinski definition) is 9. The second-order valence-electron chi connectivity index (χ2n) is 7.96. The largest absolute Gasteiger partial charge is 0.573 e. The first kappa shape index (κ1) is 30.2. The highest BCUT2D eigenvalue weighted by Crippen LogP contribution is 2.25. The lowest BCUT2D eigenvalue weighted by Gasteiger charge is -2.14. The predicted molar refractivity (Wildman–Crippen MR) is 128 cm³/mol. The number of alkyl halides is 3. The van der Waals surface area contributed by atoms with Gasteiger partial charge in [-0.25, -0.2) is 10.2 Å². The molecule has 2 amide bonds. The van der Waals surface area contributed by atoms with E-state index in [0.29, 0.717) is 44.7 Å². The van der Waals surface area contributed by atoms with E-state index < -0.39 is 36.2 Å². The number of nitrogens with two attached hydrogens (primary N) is 2. The smallest absolute Gasteiger partial charge is 0.406 e. The molecule has 0 radical (unpaired) electrons. The van der Waals surface area contributed by atoms with Gasteiger partial charge in [0, 0.05) is 32.0 Å². The molecule has 6 N–H and O–H groups in total. The van der Waals surface area contributed by atoms with Gasteiger partial charge in [-0.1, -0.05) is 0 Å². The van der Waals surface area contributed by atoms with Gasteiger partial charge in [0.05, 0.1) is 18.7 Å². The number of nitrogens with zero attached hydrogens (tertiary/aromatic N) is 3. The number of amides is 2. The van der Waals surface area contributed by atoms with Crippen LogP contribution in [0, 0.1) is 5.82 Å². The lowest BCUT2D eigenvalue weighted by molar-refractivity contribution is -0.274. The van der Waals surface area contributed by atoms with Crippen LogP contribution in [-0.2, 0) is 27.2 Å². The summed E-state index contributed by atoms with van der Waals surface area (Å²) in [5.74, 6) is 3.30. The molecule has 0 bridgehead atoms. The maximum atomic E-state index is 13.9. The number of aryl methyl sites for hydroxylation is 1. The third-order valence-electron chi connectivity index (χ3n) is 4.85. The van der Waals surface area contributed by atoms with Crippen LogP contribution in [0.25, 0.3) is 0 Å². The highest BCUT2D eigenvalue weighted by Gasteiger charge is 2.31. The second kappa shape index (κ2) is 14.7. The van der Waals surface area contributed by atoms with Crippen molar-refractivity contribution in [3.8, 4) is 5.75 Å². The van der Waals surface area contributed by atoms with Gasteiger partial charge in [-0.2, -0.15) is 5.10 Å². The number of hydrazine groups is 1. The van der Waals surface area contributed by atoms with Crippen LogP contribution in [0.2, 0.25) is 0 Å². The molecule has 0 spiro atoms. The van der Waals surface area contributed by atoms with Gasteiger partial charge >= 0.3 is 6.36 Å². The number of rotatable bonds is 14. The first-order valence-corrected chi connectivity index (χ1v) is 11.4. The number of carbonyl (C=O) groups is 2. The first-order valence-electron chi connectivity index (χ1n) is 11.4. The van der Waals surface area contributed by atoms with Crippen molar-refractivity contribution in [1.29, 1.82) is 0 Å². The lowest BCUT2D eigenvalue weighted by Crippen LogP contribution is -2.34.